The van der Waals surface area contributed by atoms with Crippen LogP contribution in [0.1, 0.15) is 15.9 Å². The highest BCUT2D eigenvalue weighted by molar-refractivity contribution is 5.95. The summed E-state index contributed by atoms with van der Waals surface area (Å²) in [5, 5.41) is 3.03. The summed E-state index contributed by atoms with van der Waals surface area (Å²) >= 11 is 0. The van der Waals surface area contributed by atoms with E-state index in [-0.39, 0.29) is 17.8 Å². The molecule has 0 saturated carbocycles. The van der Waals surface area contributed by atoms with Crippen molar-refractivity contribution in [2.24, 2.45) is 0 Å². The van der Waals surface area contributed by atoms with Crippen LogP contribution in [0.4, 0.5) is 4.39 Å². The second kappa shape index (κ2) is 6.12. The van der Waals surface area contributed by atoms with Crippen molar-refractivity contribution >= 4 is 5.91 Å². The van der Waals surface area contributed by atoms with Crippen LogP contribution in [-0.4, -0.2) is 50.2 Å². The summed E-state index contributed by atoms with van der Waals surface area (Å²) in [6.07, 6.45) is -0.00318. The number of carbonyl (C=O) groups is 1. The molecule has 0 bridgehead atoms. The van der Waals surface area contributed by atoms with Crippen LogP contribution in [0.5, 0.6) is 0 Å². The molecule has 1 aromatic rings. The fourth-order valence-corrected chi connectivity index (χ4v) is 2.25. The average molecular weight is 266 g/mol. The zero-order chi connectivity index (χ0) is 13.8. The average Bonchev–Trinajstić information content (AvgIpc) is 2.41. The van der Waals surface area contributed by atoms with Gasteiger partial charge in [-0.15, -0.1) is 0 Å². The maximum absolute atomic E-state index is 13.3. The van der Waals surface area contributed by atoms with Gasteiger partial charge in [0.2, 0.25) is 0 Å². The Hall–Kier alpha value is -1.46. The van der Waals surface area contributed by atoms with Gasteiger partial charge in [-0.3, -0.25) is 4.79 Å². The Labute approximate surface area is 112 Å². The van der Waals surface area contributed by atoms with E-state index >= 15 is 0 Å². The molecule has 1 atom stereocenters. The number of rotatable bonds is 3. The monoisotopic (exact) mass is 266 g/mol. The Morgan fingerprint density at radius 3 is 3.11 bits per heavy atom. The van der Waals surface area contributed by atoms with Crippen LogP contribution in [0.25, 0.3) is 0 Å². The van der Waals surface area contributed by atoms with Crippen LogP contribution in [0.3, 0.4) is 0 Å². The highest BCUT2D eigenvalue weighted by atomic mass is 19.1. The summed E-state index contributed by atoms with van der Waals surface area (Å²) in [7, 11) is 1.85. The summed E-state index contributed by atoms with van der Waals surface area (Å²) in [6, 6.07) is 4.31. The highest BCUT2D eigenvalue weighted by Crippen LogP contribution is 2.15. The Bertz CT molecular complexity index is 463. The van der Waals surface area contributed by atoms with Crippen molar-refractivity contribution in [3.63, 3.8) is 0 Å². The van der Waals surface area contributed by atoms with E-state index in [4.69, 9.17) is 4.74 Å². The highest BCUT2D eigenvalue weighted by Gasteiger charge is 2.25. The molecule has 1 aliphatic rings. The van der Waals surface area contributed by atoms with Gasteiger partial charge in [-0.1, -0.05) is 6.07 Å². The minimum atomic E-state index is -0.381. The van der Waals surface area contributed by atoms with Gasteiger partial charge in [-0.05, 0) is 31.7 Å². The van der Waals surface area contributed by atoms with E-state index in [2.05, 4.69) is 5.32 Å². The normalized spacial score (nSPS) is 19.5. The predicted octanol–water partition coefficient (Wildman–Crippen LogP) is 1.19. The lowest BCUT2D eigenvalue weighted by atomic mass is 10.1. The molecular formula is C14H19FN2O2. The number of hydrogen-bond donors (Lipinski definition) is 1. The molecule has 0 aromatic heterocycles. The Morgan fingerprint density at radius 1 is 1.58 bits per heavy atom. The van der Waals surface area contributed by atoms with Crippen molar-refractivity contribution in [1.29, 1.82) is 0 Å². The molecule has 1 N–H and O–H groups in total. The standard InChI is InChI=1S/C14H19FN2O2/c1-10-3-4-11(15)7-13(10)14(18)17-5-6-19-12(9-17)8-16-2/h3-4,7,12,16H,5-6,8-9H2,1-2H3. The van der Waals surface area contributed by atoms with Crippen molar-refractivity contribution in [2.75, 3.05) is 33.3 Å². The molecule has 5 heteroatoms. The van der Waals surface area contributed by atoms with Gasteiger partial charge >= 0.3 is 0 Å². The maximum Gasteiger partial charge on any atom is 0.254 e. The fraction of sp³-hybridized carbons (Fsp3) is 0.500. The molecule has 1 heterocycles. The molecule has 1 saturated heterocycles. The van der Waals surface area contributed by atoms with E-state index in [1.165, 1.54) is 12.1 Å². The molecule has 1 unspecified atom stereocenters. The van der Waals surface area contributed by atoms with Crippen molar-refractivity contribution in [3.05, 3.63) is 35.1 Å². The number of nitrogens with one attached hydrogen (secondary N) is 1. The number of morpholine rings is 1. The number of amides is 1. The van der Waals surface area contributed by atoms with E-state index in [1.807, 2.05) is 14.0 Å². The van der Waals surface area contributed by atoms with Crippen LogP contribution >= 0.6 is 0 Å². The van der Waals surface area contributed by atoms with E-state index in [0.717, 1.165) is 5.56 Å². The van der Waals surface area contributed by atoms with Crippen LogP contribution in [0.2, 0.25) is 0 Å². The number of aryl methyl sites for hydroxylation is 1. The summed E-state index contributed by atoms with van der Waals surface area (Å²) < 4.78 is 18.8. The van der Waals surface area contributed by atoms with Gasteiger partial charge in [0, 0.05) is 25.2 Å². The van der Waals surface area contributed by atoms with Gasteiger partial charge in [0.1, 0.15) is 5.82 Å². The third-order valence-electron chi connectivity index (χ3n) is 3.29. The first-order valence-corrected chi connectivity index (χ1v) is 6.43. The van der Waals surface area contributed by atoms with Crippen molar-refractivity contribution in [2.45, 2.75) is 13.0 Å². The third-order valence-corrected chi connectivity index (χ3v) is 3.29. The van der Waals surface area contributed by atoms with E-state index in [0.29, 0.717) is 31.8 Å². The summed E-state index contributed by atoms with van der Waals surface area (Å²) in [5.41, 5.74) is 1.23. The molecule has 1 fully saturated rings. The lowest BCUT2D eigenvalue weighted by Crippen LogP contribution is -2.48. The fourth-order valence-electron chi connectivity index (χ4n) is 2.25. The van der Waals surface area contributed by atoms with Crippen LogP contribution in [-0.2, 0) is 4.74 Å². The van der Waals surface area contributed by atoms with Crippen LogP contribution in [0, 0.1) is 12.7 Å². The Morgan fingerprint density at radius 2 is 2.37 bits per heavy atom. The van der Waals surface area contributed by atoms with Crippen LogP contribution < -0.4 is 5.32 Å². The zero-order valence-electron chi connectivity index (χ0n) is 11.3. The predicted molar refractivity (Wildman–Crippen MR) is 70.7 cm³/mol. The first-order chi connectivity index (χ1) is 9.11. The lowest BCUT2D eigenvalue weighted by Gasteiger charge is -2.33. The smallest absolute Gasteiger partial charge is 0.254 e. The molecule has 1 aromatic carbocycles. The summed E-state index contributed by atoms with van der Waals surface area (Å²) in [4.78, 5) is 14.1. The minimum Gasteiger partial charge on any atom is -0.373 e. The van der Waals surface area contributed by atoms with Gasteiger partial charge < -0.3 is 15.0 Å². The SMILES string of the molecule is CNCC1CN(C(=O)c2cc(F)ccc2C)CCO1. The molecule has 2 rings (SSSR count). The molecule has 104 valence electrons. The first kappa shape index (κ1) is 14.0. The second-order valence-electron chi connectivity index (χ2n) is 4.76. The number of benzene rings is 1. The number of carbonyl (C=O) groups excluding carboxylic acids is 1. The van der Waals surface area contributed by atoms with Gasteiger partial charge in [0.15, 0.2) is 0 Å². The first-order valence-electron chi connectivity index (χ1n) is 6.43. The van der Waals surface area contributed by atoms with Crippen molar-refractivity contribution in [3.8, 4) is 0 Å². The number of ether oxygens (including phenoxy) is 1. The minimum absolute atomic E-state index is 0.00318. The van der Waals surface area contributed by atoms with Gasteiger partial charge in [0.25, 0.3) is 5.91 Å². The molecule has 1 aliphatic heterocycles. The van der Waals surface area contributed by atoms with E-state index in [9.17, 15) is 9.18 Å². The zero-order valence-corrected chi connectivity index (χ0v) is 11.3. The molecule has 19 heavy (non-hydrogen) atoms. The quantitative estimate of drug-likeness (QED) is 0.893. The molecule has 4 nitrogen and oxygen atoms in total. The second-order valence-corrected chi connectivity index (χ2v) is 4.76. The summed E-state index contributed by atoms with van der Waals surface area (Å²) in [5.74, 6) is -0.504. The Kier molecular flexibility index (Phi) is 4.50. The topological polar surface area (TPSA) is 41.6 Å². The largest absolute Gasteiger partial charge is 0.373 e. The summed E-state index contributed by atoms with van der Waals surface area (Å²) in [6.45, 7) is 4.13. The molecule has 0 spiro atoms. The third kappa shape index (κ3) is 3.30. The van der Waals surface area contributed by atoms with Gasteiger partial charge in [0.05, 0.1) is 12.7 Å². The number of halogens is 1. The molecule has 1 amide bonds. The van der Waals surface area contributed by atoms with Crippen molar-refractivity contribution in [1.82, 2.24) is 10.2 Å². The lowest BCUT2D eigenvalue weighted by molar-refractivity contribution is -0.0196. The molecule has 0 radical (unpaired) electrons. The van der Waals surface area contributed by atoms with Gasteiger partial charge in [-0.2, -0.15) is 0 Å². The van der Waals surface area contributed by atoms with Gasteiger partial charge in [-0.25, -0.2) is 4.39 Å². The number of likely N-dealkylation sites (N-methyl/N-ethyl adjacent to an activating group) is 1. The van der Waals surface area contributed by atoms with E-state index in [1.54, 1.807) is 11.0 Å². The molecule has 0 aliphatic carbocycles. The maximum atomic E-state index is 13.3. The number of nitrogens with zero attached hydrogens (tertiary/aromatic N) is 1. The van der Waals surface area contributed by atoms with E-state index < -0.39 is 0 Å². The van der Waals surface area contributed by atoms with Crippen molar-refractivity contribution < 1.29 is 13.9 Å². The molecular weight excluding hydrogens is 247 g/mol. The number of hydrogen-bond acceptors (Lipinski definition) is 3. The van der Waals surface area contributed by atoms with Crippen LogP contribution in [0.15, 0.2) is 18.2 Å². The Balaban J connectivity index is 2.12.